The molecule has 2 aromatic rings. The quantitative estimate of drug-likeness (QED) is 0.596. The van der Waals surface area contributed by atoms with Gasteiger partial charge in [-0.15, -0.1) is 0 Å². The molecule has 6 heteroatoms. The lowest BCUT2D eigenvalue weighted by Crippen LogP contribution is -2.53. The molecule has 29 heavy (non-hydrogen) atoms. The Balaban J connectivity index is 2.12. The summed E-state index contributed by atoms with van der Waals surface area (Å²) in [6, 6.07) is 16.9. The number of amides is 2. The van der Waals surface area contributed by atoms with Gasteiger partial charge in [-0.3, -0.25) is 9.59 Å². The SMILES string of the molecule is NC(=O)C1(C(=O)N([C@@H](CO)c2ccccc2)[C@@H](CO)c2ccccc2)CCCC1. The zero-order chi connectivity index (χ0) is 20.9. The standard InChI is InChI=1S/C23H28N2O4/c24-21(28)23(13-7-8-14-23)22(29)25(19(15-26)17-9-3-1-4-10-17)20(16-27)18-11-5-2-6-12-18/h1-6,9-12,19-20,26-27H,7-8,13-16H2,(H2,24,28)/t19-,20-/m0/s1. The third-order valence-electron chi connectivity index (χ3n) is 5.96. The van der Waals surface area contributed by atoms with Crippen LogP contribution < -0.4 is 5.73 Å². The number of rotatable bonds is 8. The average molecular weight is 396 g/mol. The molecular weight excluding hydrogens is 368 g/mol. The highest BCUT2D eigenvalue weighted by Gasteiger charge is 2.51. The van der Waals surface area contributed by atoms with E-state index in [4.69, 9.17) is 5.73 Å². The van der Waals surface area contributed by atoms with Gasteiger partial charge < -0.3 is 20.8 Å². The zero-order valence-corrected chi connectivity index (χ0v) is 16.4. The molecule has 6 nitrogen and oxygen atoms in total. The molecule has 0 heterocycles. The summed E-state index contributed by atoms with van der Waals surface area (Å²) in [7, 11) is 0. The van der Waals surface area contributed by atoms with E-state index in [1.165, 1.54) is 4.90 Å². The fraction of sp³-hybridized carbons (Fsp3) is 0.391. The van der Waals surface area contributed by atoms with Gasteiger partial charge in [0.05, 0.1) is 25.3 Å². The second-order valence-corrected chi connectivity index (χ2v) is 7.58. The molecule has 2 atom stereocenters. The Labute approximate surface area is 171 Å². The van der Waals surface area contributed by atoms with Crippen LogP contribution in [0.25, 0.3) is 0 Å². The molecule has 0 bridgehead atoms. The van der Waals surface area contributed by atoms with Crippen LogP contribution in [0.1, 0.15) is 48.9 Å². The Morgan fingerprint density at radius 3 is 1.62 bits per heavy atom. The van der Waals surface area contributed by atoms with Gasteiger partial charge in [-0.05, 0) is 24.0 Å². The summed E-state index contributed by atoms with van der Waals surface area (Å²) >= 11 is 0. The lowest BCUT2D eigenvalue weighted by molar-refractivity contribution is -0.155. The minimum atomic E-state index is -1.30. The maximum Gasteiger partial charge on any atom is 0.239 e. The topological polar surface area (TPSA) is 104 Å². The highest BCUT2D eigenvalue weighted by molar-refractivity contribution is 6.05. The van der Waals surface area contributed by atoms with E-state index in [9.17, 15) is 19.8 Å². The number of hydrogen-bond acceptors (Lipinski definition) is 4. The van der Waals surface area contributed by atoms with Gasteiger partial charge in [0.1, 0.15) is 5.41 Å². The summed E-state index contributed by atoms with van der Waals surface area (Å²) in [5.41, 5.74) is 5.88. The highest BCUT2D eigenvalue weighted by Crippen LogP contribution is 2.43. The molecule has 2 aromatic carbocycles. The molecule has 1 aliphatic carbocycles. The third-order valence-corrected chi connectivity index (χ3v) is 5.96. The van der Waals surface area contributed by atoms with Gasteiger partial charge in [-0.1, -0.05) is 73.5 Å². The van der Waals surface area contributed by atoms with Crippen molar-refractivity contribution in [3.63, 3.8) is 0 Å². The monoisotopic (exact) mass is 396 g/mol. The van der Waals surface area contributed by atoms with Crippen LogP contribution in [0.15, 0.2) is 60.7 Å². The first-order valence-electron chi connectivity index (χ1n) is 9.99. The fourth-order valence-electron chi connectivity index (χ4n) is 4.35. The Kier molecular flexibility index (Phi) is 6.67. The van der Waals surface area contributed by atoms with Crippen molar-refractivity contribution in [2.75, 3.05) is 13.2 Å². The van der Waals surface area contributed by atoms with E-state index in [0.717, 1.165) is 24.0 Å². The number of carbonyl (C=O) groups is 2. The summed E-state index contributed by atoms with van der Waals surface area (Å²) in [6.07, 6.45) is 2.26. The van der Waals surface area contributed by atoms with Crippen molar-refractivity contribution in [3.05, 3.63) is 71.8 Å². The van der Waals surface area contributed by atoms with E-state index in [-0.39, 0.29) is 13.2 Å². The van der Waals surface area contributed by atoms with Gasteiger partial charge in [0.15, 0.2) is 0 Å². The van der Waals surface area contributed by atoms with Crippen LogP contribution in [-0.4, -0.2) is 40.1 Å². The molecule has 0 aliphatic heterocycles. The first kappa shape index (κ1) is 21.0. The van der Waals surface area contributed by atoms with Crippen LogP contribution in [0.3, 0.4) is 0 Å². The van der Waals surface area contributed by atoms with Gasteiger partial charge >= 0.3 is 0 Å². The van der Waals surface area contributed by atoms with Crippen molar-refractivity contribution < 1.29 is 19.8 Å². The molecule has 0 radical (unpaired) electrons. The maximum atomic E-state index is 13.9. The molecule has 0 aromatic heterocycles. The summed E-state index contributed by atoms with van der Waals surface area (Å²) in [4.78, 5) is 27.7. The van der Waals surface area contributed by atoms with Gasteiger partial charge in [-0.2, -0.15) is 0 Å². The van der Waals surface area contributed by atoms with Crippen LogP contribution in [0, 0.1) is 5.41 Å². The van der Waals surface area contributed by atoms with Crippen LogP contribution in [0.2, 0.25) is 0 Å². The van der Waals surface area contributed by atoms with Crippen LogP contribution in [-0.2, 0) is 9.59 Å². The van der Waals surface area contributed by atoms with Crippen molar-refractivity contribution in [1.29, 1.82) is 0 Å². The normalized spacial score (nSPS) is 17.4. The Bertz CT molecular complexity index is 772. The summed E-state index contributed by atoms with van der Waals surface area (Å²) in [5, 5.41) is 20.5. The molecule has 0 spiro atoms. The summed E-state index contributed by atoms with van der Waals surface area (Å²) < 4.78 is 0. The molecule has 0 saturated heterocycles. The van der Waals surface area contributed by atoms with E-state index in [1.807, 2.05) is 60.7 Å². The number of benzene rings is 2. The highest BCUT2D eigenvalue weighted by atomic mass is 16.3. The number of hydrogen-bond donors (Lipinski definition) is 3. The third kappa shape index (κ3) is 4.04. The molecular formula is C23H28N2O4. The average Bonchev–Trinajstić information content (AvgIpc) is 3.26. The molecule has 0 unspecified atom stereocenters. The van der Waals surface area contributed by atoms with E-state index in [0.29, 0.717) is 12.8 Å². The molecule has 2 amide bonds. The second-order valence-electron chi connectivity index (χ2n) is 7.58. The number of nitrogens with zero attached hydrogens (tertiary/aromatic N) is 1. The van der Waals surface area contributed by atoms with Gasteiger partial charge in [0.25, 0.3) is 0 Å². The smallest absolute Gasteiger partial charge is 0.239 e. The van der Waals surface area contributed by atoms with Crippen LogP contribution in [0.4, 0.5) is 0 Å². The Hall–Kier alpha value is -2.70. The molecule has 4 N–H and O–H groups in total. The first-order chi connectivity index (χ1) is 14.0. The number of aliphatic hydroxyl groups is 2. The fourth-order valence-corrected chi connectivity index (χ4v) is 4.35. The number of carbonyl (C=O) groups excluding carboxylic acids is 2. The van der Waals surface area contributed by atoms with E-state index in [2.05, 4.69) is 0 Å². The predicted molar refractivity (Wildman–Crippen MR) is 109 cm³/mol. The molecule has 3 rings (SSSR count). The summed E-state index contributed by atoms with van der Waals surface area (Å²) in [6.45, 7) is -0.679. The van der Waals surface area contributed by atoms with Crippen molar-refractivity contribution in [2.45, 2.75) is 37.8 Å². The maximum absolute atomic E-state index is 13.9. The van der Waals surface area contributed by atoms with Crippen molar-refractivity contribution in [1.82, 2.24) is 4.90 Å². The van der Waals surface area contributed by atoms with Crippen molar-refractivity contribution in [2.24, 2.45) is 11.1 Å². The van der Waals surface area contributed by atoms with Crippen LogP contribution >= 0.6 is 0 Å². The van der Waals surface area contributed by atoms with E-state index < -0.39 is 29.3 Å². The van der Waals surface area contributed by atoms with Crippen LogP contribution in [0.5, 0.6) is 0 Å². The first-order valence-corrected chi connectivity index (χ1v) is 9.99. The molecule has 1 fully saturated rings. The zero-order valence-electron chi connectivity index (χ0n) is 16.4. The van der Waals surface area contributed by atoms with Crippen molar-refractivity contribution >= 4 is 11.8 Å². The van der Waals surface area contributed by atoms with E-state index >= 15 is 0 Å². The number of primary amides is 1. The van der Waals surface area contributed by atoms with Gasteiger partial charge in [0, 0.05) is 0 Å². The molecule has 1 saturated carbocycles. The lowest BCUT2D eigenvalue weighted by Gasteiger charge is -2.41. The number of aliphatic hydroxyl groups excluding tert-OH is 2. The van der Waals surface area contributed by atoms with Gasteiger partial charge in [0.2, 0.25) is 11.8 Å². The van der Waals surface area contributed by atoms with E-state index in [1.54, 1.807) is 0 Å². The Morgan fingerprint density at radius 1 is 0.862 bits per heavy atom. The second kappa shape index (κ2) is 9.20. The van der Waals surface area contributed by atoms with Gasteiger partial charge in [-0.25, -0.2) is 0 Å². The van der Waals surface area contributed by atoms with Crippen molar-refractivity contribution in [3.8, 4) is 0 Å². The summed E-state index contributed by atoms with van der Waals surface area (Å²) in [5.74, 6) is -1.06. The number of nitrogens with two attached hydrogens (primary N) is 1. The molecule has 1 aliphatic rings. The molecule has 154 valence electrons. The lowest BCUT2D eigenvalue weighted by atomic mass is 9.82. The Morgan fingerprint density at radius 2 is 1.28 bits per heavy atom. The minimum Gasteiger partial charge on any atom is -0.394 e. The largest absolute Gasteiger partial charge is 0.394 e. The predicted octanol–water partition coefficient (Wildman–Crippen LogP) is 2.33. The minimum absolute atomic E-state index is 0.339.